The van der Waals surface area contributed by atoms with Crippen LogP contribution in [-0.4, -0.2) is 45.7 Å². The van der Waals surface area contributed by atoms with Gasteiger partial charge >= 0.3 is 12.1 Å². The van der Waals surface area contributed by atoms with Crippen molar-refractivity contribution in [1.82, 2.24) is 10.2 Å². The molecule has 2 N–H and O–H groups in total. The van der Waals surface area contributed by atoms with Crippen LogP contribution in [-0.2, 0) is 15.8 Å². The zero-order valence-corrected chi connectivity index (χ0v) is 26.7. The summed E-state index contributed by atoms with van der Waals surface area (Å²) >= 11 is 0. The molecular weight excluding hydrogens is 583 g/mol. The molecule has 2 aromatic rings. The van der Waals surface area contributed by atoms with Gasteiger partial charge in [0.25, 0.3) is 11.8 Å². The van der Waals surface area contributed by atoms with Crippen LogP contribution in [0.5, 0.6) is 0 Å². The van der Waals surface area contributed by atoms with Crippen LogP contribution in [0.1, 0.15) is 113 Å². The van der Waals surface area contributed by atoms with Crippen LogP contribution in [0, 0.1) is 17.3 Å². The maximum atomic E-state index is 14.4. The molecule has 0 radical (unpaired) electrons. The van der Waals surface area contributed by atoms with E-state index in [9.17, 15) is 27.6 Å². The summed E-state index contributed by atoms with van der Waals surface area (Å²) in [5.41, 5.74) is 0.118. The van der Waals surface area contributed by atoms with Crippen LogP contribution < -0.4 is 5.32 Å². The van der Waals surface area contributed by atoms with E-state index in [4.69, 9.17) is 10.1 Å². The largest absolute Gasteiger partial charge is 0.481 e. The first kappa shape index (κ1) is 34.2. The van der Waals surface area contributed by atoms with Gasteiger partial charge in [0.05, 0.1) is 18.0 Å². The van der Waals surface area contributed by atoms with Gasteiger partial charge in [0.15, 0.2) is 0 Å². The second-order valence-corrected chi connectivity index (χ2v) is 13.9. The second kappa shape index (κ2) is 13.3. The number of carbonyl (C=O) groups is 3. The summed E-state index contributed by atoms with van der Waals surface area (Å²) < 4.78 is 39.9. The summed E-state index contributed by atoms with van der Waals surface area (Å²) in [6.07, 6.45) is -0.177. The number of alkyl halides is 3. The van der Waals surface area contributed by atoms with Crippen molar-refractivity contribution in [2.75, 3.05) is 6.54 Å². The van der Waals surface area contributed by atoms with E-state index in [1.807, 2.05) is 17.0 Å². The molecule has 1 heterocycles. The van der Waals surface area contributed by atoms with Crippen LogP contribution in [0.25, 0.3) is 0 Å². The fourth-order valence-electron chi connectivity index (χ4n) is 6.43. The highest BCUT2D eigenvalue weighted by atomic mass is 19.4. The molecule has 1 aliphatic heterocycles. The Labute approximate surface area is 263 Å². The van der Waals surface area contributed by atoms with Crippen LogP contribution in [0.3, 0.4) is 0 Å². The molecule has 10 heteroatoms. The number of rotatable bonds is 10. The van der Waals surface area contributed by atoms with Crippen LogP contribution in [0.15, 0.2) is 53.5 Å². The van der Waals surface area contributed by atoms with Gasteiger partial charge in [-0.25, -0.2) is 0 Å². The van der Waals surface area contributed by atoms with E-state index in [1.165, 1.54) is 12.1 Å². The SMILES string of the molecule is CC(C)C1CCC2(CC1)N=C(c1ccc(C(F)(F)F)cc1)C(=O)N2C(CCC(C)(C)C)c1ccc(C(=O)NCCC(=O)O)cc1. The third-order valence-electron chi connectivity index (χ3n) is 9.11. The van der Waals surface area contributed by atoms with Crippen molar-refractivity contribution in [2.45, 2.75) is 97.4 Å². The minimum atomic E-state index is -4.49. The highest BCUT2D eigenvalue weighted by molar-refractivity contribution is 6.46. The molecule has 1 spiro atoms. The van der Waals surface area contributed by atoms with Crippen LogP contribution in [0.4, 0.5) is 13.2 Å². The smallest absolute Gasteiger partial charge is 0.416 e. The number of amides is 2. The number of aliphatic imine (C=N–C) groups is 1. The summed E-state index contributed by atoms with van der Waals surface area (Å²) in [6.45, 7) is 10.8. The average molecular weight is 628 g/mol. The number of aliphatic carboxylic acids is 1. The van der Waals surface area contributed by atoms with Gasteiger partial charge in [-0.15, -0.1) is 0 Å². The molecule has 2 aromatic carbocycles. The Bertz CT molecular complexity index is 1400. The molecule has 1 saturated carbocycles. The Balaban J connectivity index is 1.72. The lowest BCUT2D eigenvalue weighted by atomic mass is 9.75. The number of halogens is 3. The van der Waals surface area contributed by atoms with Crippen LogP contribution in [0.2, 0.25) is 0 Å². The molecule has 1 atom stereocenters. The fraction of sp³-hybridized carbons (Fsp3) is 0.543. The minimum Gasteiger partial charge on any atom is -0.481 e. The fourth-order valence-corrected chi connectivity index (χ4v) is 6.43. The molecule has 4 rings (SSSR count). The Kier molecular flexibility index (Phi) is 10.1. The van der Waals surface area contributed by atoms with E-state index in [2.05, 4.69) is 39.9 Å². The van der Waals surface area contributed by atoms with Gasteiger partial charge in [0.1, 0.15) is 11.4 Å². The van der Waals surface area contributed by atoms with Gasteiger partial charge < -0.3 is 15.3 Å². The Morgan fingerprint density at radius 2 is 1.62 bits per heavy atom. The maximum absolute atomic E-state index is 14.4. The third kappa shape index (κ3) is 8.13. The summed E-state index contributed by atoms with van der Waals surface area (Å²) in [5, 5.41) is 11.5. The predicted molar refractivity (Wildman–Crippen MR) is 167 cm³/mol. The molecule has 45 heavy (non-hydrogen) atoms. The molecule has 1 aliphatic carbocycles. The van der Waals surface area contributed by atoms with Crippen molar-refractivity contribution >= 4 is 23.5 Å². The highest BCUT2D eigenvalue weighted by Crippen LogP contribution is 2.48. The number of hydrogen-bond donors (Lipinski definition) is 2. The van der Waals surface area contributed by atoms with Gasteiger partial charge in [0.2, 0.25) is 0 Å². The second-order valence-electron chi connectivity index (χ2n) is 13.9. The summed E-state index contributed by atoms with van der Waals surface area (Å²) in [6, 6.07) is 11.3. The lowest BCUT2D eigenvalue weighted by molar-refractivity contribution is -0.138. The summed E-state index contributed by atoms with van der Waals surface area (Å²) in [4.78, 5) is 44.8. The van der Waals surface area contributed by atoms with Crippen molar-refractivity contribution in [3.05, 3.63) is 70.8 Å². The zero-order chi connectivity index (χ0) is 33.2. The van der Waals surface area contributed by atoms with E-state index >= 15 is 0 Å². The van der Waals surface area contributed by atoms with E-state index in [1.54, 1.807) is 12.1 Å². The van der Waals surface area contributed by atoms with Crippen molar-refractivity contribution in [3.63, 3.8) is 0 Å². The highest BCUT2D eigenvalue weighted by Gasteiger charge is 2.52. The minimum absolute atomic E-state index is 0.0103. The first-order valence-electron chi connectivity index (χ1n) is 15.7. The number of carbonyl (C=O) groups excluding carboxylic acids is 2. The molecule has 0 saturated heterocycles. The van der Waals surface area contributed by atoms with Crippen molar-refractivity contribution in [2.24, 2.45) is 22.2 Å². The number of nitrogens with zero attached hydrogens (tertiary/aromatic N) is 2. The van der Waals surface area contributed by atoms with Crippen molar-refractivity contribution in [1.29, 1.82) is 0 Å². The monoisotopic (exact) mass is 627 g/mol. The Morgan fingerprint density at radius 3 is 2.13 bits per heavy atom. The molecule has 244 valence electrons. The molecule has 7 nitrogen and oxygen atoms in total. The lowest BCUT2D eigenvalue weighted by Crippen LogP contribution is -2.51. The van der Waals surface area contributed by atoms with E-state index in [0.29, 0.717) is 42.2 Å². The summed E-state index contributed by atoms with van der Waals surface area (Å²) in [7, 11) is 0. The van der Waals surface area contributed by atoms with E-state index in [0.717, 1.165) is 37.0 Å². The van der Waals surface area contributed by atoms with Gasteiger partial charge in [-0.1, -0.05) is 58.9 Å². The maximum Gasteiger partial charge on any atom is 0.416 e. The summed E-state index contributed by atoms with van der Waals surface area (Å²) in [5.74, 6) is -0.714. The molecule has 1 unspecified atom stereocenters. The molecule has 2 aliphatic rings. The predicted octanol–water partition coefficient (Wildman–Crippen LogP) is 7.65. The van der Waals surface area contributed by atoms with Gasteiger partial charge in [-0.2, -0.15) is 13.2 Å². The number of hydrogen-bond acceptors (Lipinski definition) is 4. The van der Waals surface area contributed by atoms with Crippen molar-refractivity contribution < 1.29 is 32.7 Å². The molecule has 0 aromatic heterocycles. The molecule has 1 fully saturated rings. The van der Waals surface area contributed by atoms with Gasteiger partial charge in [-0.3, -0.25) is 19.4 Å². The normalized spacial score (nSPS) is 21.3. The number of benzene rings is 2. The Morgan fingerprint density at radius 1 is 1.02 bits per heavy atom. The standard InChI is InChI=1S/C35H44F3N3O4/c1-22(2)23-14-19-34(20-15-23)40-30(25-10-12-27(13-11-25)35(36,37)38)32(45)41(34)28(16-18-33(3,4)5)24-6-8-26(9-7-24)31(44)39-21-17-29(42)43/h6-13,22-23,28H,14-21H2,1-5H3,(H,39,44)(H,42,43). The van der Waals surface area contributed by atoms with E-state index < -0.39 is 23.4 Å². The molecular formula is C35H44F3N3O4. The number of nitrogens with one attached hydrogen (secondary N) is 1. The third-order valence-corrected chi connectivity index (χ3v) is 9.11. The van der Waals surface area contributed by atoms with Crippen LogP contribution >= 0.6 is 0 Å². The van der Waals surface area contributed by atoms with Gasteiger partial charge in [0, 0.05) is 17.7 Å². The molecule has 0 bridgehead atoms. The van der Waals surface area contributed by atoms with E-state index in [-0.39, 0.29) is 41.9 Å². The zero-order valence-electron chi connectivity index (χ0n) is 26.7. The lowest BCUT2D eigenvalue weighted by Gasteiger charge is -2.46. The first-order chi connectivity index (χ1) is 21.0. The number of carboxylic acids is 1. The average Bonchev–Trinajstić information content (AvgIpc) is 3.23. The first-order valence-corrected chi connectivity index (χ1v) is 15.7. The topological polar surface area (TPSA) is 99.1 Å². The molecule has 2 amide bonds. The Hall–Kier alpha value is -3.69. The van der Waals surface area contributed by atoms with Crippen molar-refractivity contribution in [3.8, 4) is 0 Å². The van der Waals surface area contributed by atoms with Gasteiger partial charge in [-0.05, 0) is 85.6 Å². The number of carboxylic acid groups (broad SMARTS) is 1. The quantitative estimate of drug-likeness (QED) is 0.283.